The Morgan fingerprint density at radius 2 is 2.17 bits per heavy atom. The summed E-state index contributed by atoms with van der Waals surface area (Å²) in [4.78, 5) is 0. The highest BCUT2D eigenvalue weighted by molar-refractivity contribution is 9.10. The first kappa shape index (κ1) is 9.68. The number of rotatable bonds is 2. The first-order valence-corrected chi connectivity index (χ1v) is 4.48. The van der Waals surface area contributed by atoms with Crippen molar-refractivity contribution < 1.29 is 9.50 Å². The Labute approximate surface area is 79.4 Å². The molecule has 0 aromatic heterocycles. The van der Waals surface area contributed by atoms with Gasteiger partial charge in [-0.2, -0.15) is 0 Å². The van der Waals surface area contributed by atoms with Crippen molar-refractivity contribution >= 4 is 15.9 Å². The Bertz CT molecular complexity index is 262. The van der Waals surface area contributed by atoms with Gasteiger partial charge in [-0.05, 0) is 24.6 Å². The Morgan fingerprint density at radius 1 is 1.50 bits per heavy atom. The van der Waals surface area contributed by atoms with Crippen molar-refractivity contribution in [2.75, 3.05) is 0 Å². The second-order valence-corrected chi connectivity index (χ2v) is 3.61. The molecule has 2 atom stereocenters. The van der Waals surface area contributed by atoms with Crippen molar-refractivity contribution in [2.24, 2.45) is 0 Å². The number of benzene rings is 1. The van der Waals surface area contributed by atoms with E-state index >= 15 is 0 Å². The molecule has 0 spiro atoms. The molecular formula is C9H10BrFO. The van der Waals surface area contributed by atoms with Crippen molar-refractivity contribution in [3.8, 4) is 0 Å². The molecule has 0 aliphatic carbocycles. The van der Waals surface area contributed by atoms with Crippen molar-refractivity contribution in [1.29, 1.82) is 0 Å². The number of aliphatic hydroxyl groups excluding tert-OH is 1. The Kier molecular flexibility index (Phi) is 3.23. The fourth-order valence-corrected chi connectivity index (χ4v) is 1.37. The molecule has 3 heteroatoms. The van der Waals surface area contributed by atoms with Gasteiger partial charge in [0.15, 0.2) is 6.17 Å². The fourth-order valence-electron chi connectivity index (χ4n) is 0.957. The van der Waals surface area contributed by atoms with E-state index in [9.17, 15) is 4.39 Å². The van der Waals surface area contributed by atoms with Crippen LogP contribution in [0.2, 0.25) is 0 Å². The standard InChI is InChI=1S/C9H10BrFO/c1-6(12)9(11)7-3-2-4-8(10)5-7/h2-6,9,12H,1H3/t6-,9+/m1/s1. The van der Waals surface area contributed by atoms with Crippen molar-refractivity contribution in [3.05, 3.63) is 34.3 Å². The molecular weight excluding hydrogens is 223 g/mol. The first-order valence-electron chi connectivity index (χ1n) is 3.69. The van der Waals surface area contributed by atoms with Gasteiger partial charge in [0.2, 0.25) is 0 Å². The Hall–Kier alpha value is -0.410. The van der Waals surface area contributed by atoms with E-state index in [0.29, 0.717) is 5.56 Å². The highest BCUT2D eigenvalue weighted by atomic mass is 79.9. The van der Waals surface area contributed by atoms with E-state index in [2.05, 4.69) is 15.9 Å². The lowest BCUT2D eigenvalue weighted by atomic mass is 10.1. The summed E-state index contributed by atoms with van der Waals surface area (Å²) in [6, 6.07) is 6.88. The van der Waals surface area contributed by atoms with E-state index in [-0.39, 0.29) is 0 Å². The minimum absolute atomic E-state index is 0.499. The van der Waals surface area contributed by atoms with E-state index in [1.807, 2.05) is 6.07 Å². The van der Waals surface area contributed by atoms with Gasteiger partial charge >= 0.3 is 0 Å². The third kappa shape index (κ3) is 2.29. The monoisotopic (exact) mass is 232 g/mol. The highest BCUT2D eigenvalue weighted by Gasteiger charge is 2.15. The largest absolute Gasteiger partial charge is 0.390 e. The van der Waals surface area contributed by atoms with Gasteiger partial charge in [-0.15, -0.1) is 0 Å². The molecule has 0 radical (unpaired) electrons. The predicted octanol–water partition coefficient (Wildman–Crippen LogP) is 2.84. The molecule has 1 N–H and O–H groups in total. The molecule has 1 nitrogen and oxygen atoms in total. The normalized spacial score (nSPS) is 15.7. The van der Waals surface area contributed by atoms with Gasteiger partial charge in [0, 0.05) is 4.47 Å². The molecule has 0 saturated carbocycles. The molecule has 0 amide bonds. The maximum absolute atomic E-state index is 13.2. The summed E-state index contributed by atoms with van der Waals surface area (Å²) in [5, 5.41) is 8.97. The molecule has 0 unspecified atom stereocenters. The Morgan fingerprint density at radius 3 is 2.67 bits per heavy atom. The summed E-state index contributed by atoms with van der Waals surface area (Å²) in [7, 11) is 0. The Balaban J connectivity index is 2.88. The maximum atomic E-state index is 13.2. The zero-order valence-corrected chi connectivity index (χ0v) is 8.25. The van der Waals surface area contributed by atoms with Crippen LogP contribution in [-0.2, 0) is 0 Å². The van der Waals surface area contributed by atoms with Gasteiger partial charge in [-0.25, -0.2) is 4.39 Å². The number of hydrogen-bond donors (Lipinski definition) is 1. The van der Waals surface area contributed by atoms with Crippen LogP contribution in [0, 0.1) is 0 Å². The third-order valence-corrected chi connectivity index (χ3v) is 2.08. The van der Waals surface area contributed by atoms with E-state index in [0.717, 1.165) is 4.47 Å². The van der Waals surface area contributed by atoms with Crippen molar-refractivity contribution in [3.63, 3.8) is 0 Å². The third-order valence-electron chi connectivity index (χ3n) is 1.59. The van der Waals surface area contributed by atoms with Crippen LogP contribution in [0.1, 0.15) is 18.7 Å². The molecule has 12 heavy (non-hydrogen) atoms. The fraction of sp³-hybridized carbons (Fsp3) is 0.333. The highest BCUT2D eigenvalue weighted by Crippen LogP contribution is 2.23. The van der Waals surface area contributed by atoms with Gasteiger partial charge in [0.1, 0.15) is 0 Å². The number of hydrogen-bond acceptors (Lipinski definition) is 1. The molecule has 1 rings (SSSR count). The average Bonchev–Trinajstić information content (AvgIpc) is 2.03. The van der Waals surface area contributed by atoms with E-state index in [1.165, 1.54) is 6.92 Å². The van der Waals surface area contributed by atoms with Crippen LogP contribution in [0.5, 0.6) is 0 Å². The van der Waals surface area contributed by atoms with Gasteiger partial charge < -0.3 is 5.11 Å². The van der Waals surface area contributed by atoms with Gasteiger partial charge in [0.05, 0.1) is 6.10 Å². The van der Waals surface area contributed by atoms with Crippen molar-refractivity contribution in [1.82, 2.24) is 0 Å². The van der Waals surface area contributed by atoms with Gasteiger partial charge in [-0.3, -0.25) is 0 Å². The van der Waals surface area contributed by atoms with Crippen LogP contribution >= 0.6 is 15.9 Å². The summed E-state index contributed by atoms with van der Waals surface area (Å²) in [6.45, 7) is 1.44. The van der Waals surface area contributed by atoms with E-state index < -0.39 is 12.3 Å². The summed E-state index contributed by atoms with van der Waals surface area (Å²) >= 11 is 3.23. The molecule has 1 aromatic carbocycles. The van der Waals surface area contributed by atoms with Gasteiger partial charge in [0.25, 0.3) is 0 Å². The number of aliphatic hydroxyl groups is 1. The summed E-state index contributed by atoms with van der Waals surface area (Å²) in [6.07, 6.45) is -2.26. The summed E-state index contributed by atoms with van der Waals surface area (Å²) in [5.74, 6) is 0. The molecule has 0 bridgehead atoms. The maximum Gasteiger partial charge on any atom is 0.151 e. The lowest BCUT2D eigenvalue weighted by Crippen LogP contribution is -2.09. The van der Waals surface area contributed by atoms with Crippen LogP contribution in [0.25, 0.3) is 0 Å². The molecule has 0 aliphatic rings. The SMILES string of the molecule is C[C@@H](O)[C@H](F)c1cccc(Br)c1. The topological polar surface area (TPSA) is 20.2 Å². The van der Waals surface area contributed by atoms with Crippen LogP contribution in [0.3, 0.4) is 0 Å². The summed E-state index contributed by atoms with van der Waals surface area (Å²) in [5.41, 5.74) is 0.499. The second-order valence-electron chi connectivity index (χ2n) is 2.70. The van der Waals surface area contributed by atoms with Crippen LogP contribution in [0.4, 0.5) is 4.39 Å². The van der Waals surface area contributed by atoms with Crippen molar-refractivity contribution in [2.45, 2.75) is 19.2 Å². The van der Waals surface area contributed by atoms with Crippen LogP contribution in [0.15, 0.2) is 28.7 Å². The molecule has 0 heterocycles. The molecule has 66 valence electrons. The molecule has 0 aliphatic heterocycles. The minimum atomic E-state index is -1.30. The quantitative estimate of drug-likeness (QED) is 0.832. The minimum Gasteiger partial charge on any atom is -0.390 e. The van der Waals surface area contributed by atoms with Crippen LogP contribution in [-0.4, -0.2) is 11.2 Å². The zero-order chi connectivity index (χ0) is 9.14. The second kappa shape index (κ2) is 4.01. The smallest absolute Gasteiger partial charge is 0.151 e. The molecule has 0 fully saturated rings. The summed E-state index contributed by atoms with van der Waals surface area (Å²) < 4.78 is 14.0. The number of alkyl halides is 1. The average molecular weight is 233 g/mol. The zero-order valence-electron chi connectivity index (χ0n) is 6.67. The van der Waals surface area contributed by atoms with E-state index in [1.54, 1.807) is 18.2 Å². The predicted molar refractivity (Wildman–Crippen MR) is 49.7 cm³/mol. The number of halogens is 2. The van der Waals surface area contributed by atoms with Crippen LogP contribution < -0.4 is 0 Å². The first-order chi connectivity index (χ1) is 5.61. The van der Waals surface area contributed by atoms with E-state index in [4.69, 9.17) is 5.11 Å². The molecule has 0 saturated heterocycles. The van der Waals surface area contributed by atoms with Gasteiger partial charge in [-0.1, -0.05) is 28.1 Å². The lowest BCUT2D eigenvalue weighted by molar-refractivity contribution is 0.0933. The molecule has 1 aromatic rings. The lowest BCUT2D eigenvalue weighted by Gasteiger charge is -2.11.